The molecule has 0 spiro atoms. The van der Waals surface area contributed by atoms with Gasteiger partial charge in [0.15, 0.2) is 11.5 Å². The number of carbonyl (C=O) groups excluding carboxylic acids is 4. The molecule has 1 aromatic heterocycles. The fourth-order valence-electron chi connectivity index (χ4n) is 8.10. The summed E-state index contributed by atoms with van der Waals surface area (Å²) in [4.78, 5) is 58.6. The van der Waals surface area contributed by atoms with Crippen LogP contribution in [0.4, 0.5) is 4.79 Å². The van der Waals surface area contributed by atoms with Gasteiger partial charge in [0.05, 0.1) is 59.7 Å². The minimum atomic E-state index is -0.799. The number of methoxy groups -OCH3 is 6. The second-order valence-electron chi connectivity index (χ2n) is 13.7. The van der Waals surface area contributed by atoms with E-state index in [2.05, 4.69) is 32.1 Å². The number of amides is 1. The van der Waals surface area contributed by atoms with E-state index in [0.29, 0.717) is 23.7 Å². The van der Waals surface area contributed by atoms with Crippen LogP contribution in [0.25, 0.3) is 10.9 Å². The van der Waals surface area contributed by atoms with Gasteiger partial charge in [0, 0.05) is 48.4 Å². The lowest BCUT2D eigenvalue weighted by molar-refractivity contribution is -0.176. The first-order chi connectivity index (χ1) is 26.9. The number of hydrogen-bond donors (Lipinski definition) is 2. The number of H-pyrrole nitrogens is 1. The zero-order chi connectivity index (χ0) is 40.7. The second kappa shape index (κ2) is 18.4. The van der Waals surface area contributed by atoms with E-state index in [-0.39, 0.29) is 41.6 Å². The molecule has 1 saturated heterocycles. The maximum atomic E-state index is 13.5. The zero-order valence-corrected chi connectivity index (χ0v) is 33.1. The summed E-state index contributed by atoms with van der Waals surface area (Å²) < 4.78 is 43.5. The molecular formula is C40H51N3O13. The average Bonchev–Trinajstić information content (AvgIpc) is 3.59. The zero-order valence-electron chi connectivity index (χ0n) is 33.1. The highest BCUT2D eigenvalue weighted by Gasteiger charge is 2.54. The Labute approximate surface area is 325 Å². The number of piperidine rings is 1. The van der Waals surface area contributed by atoms with Gasteiger partial charge in [-0.15, -0.1) is 5.48 Å². The second-order valence-corrected chi connectivity index (χ2v) is 13.7. The number of ether oxygens (including phenoxy) is 8. The minimum Gasteiger partial charge on any atom is -0.497 e. The largest absolute Gasteiger partial charge is 0.497 e. The summed E-state index contributed by atoms with van der Waals surface area (Å²) in [5, 5.41) is 1.21. The van der Waals surface area contributed by atoms with E-state index in [0.717, 1.165) is 37.2 Å². The van der Waals surface area contributed by atoms with E-state index in [9.17, 15) is 19.2 Å². The van der Waals surface area contributed by atoms with E-state index in [1.165, 1.54) is 52.0 Å². The first kappa shape index (κ1) is 41.7. The van der Waals surface area contributed by atoms with Crippen LogP contribution in [0.2, 0.25) is 0 Å². The van der Waals surface area contributed by atoms with Gasteiger partial charge in [-0.25, -0.2) is 14.4 Å². The van der Waals surface area contributed by atoms with Gasteiger partial charge in [-0.3, -0.25) is 9.69 Å². The first-order valence-electron chi connectivity index (χ1n) is 18.3. The minimum absolute atomic E-state index is 0.0170. The molecule has 2 fully saturated rings. The maximum absolute atomic E-state index is 13.5. The van der Waals surface area contributed by atoms with Gasteiger partial charge in [-0.1, -0.05) is 6.58 Å². The van der Waals surface area contributed by atoms with Gasteiger partial charge in [0.2, 0.25) is 5.75 Å². The van der Waals surface area contributed by atoms with Crippen molar-refractivity contribution in [3.8, 4) is 23.0 Å². The van der Waals surface area contributed by atoms with Crippen LogP contribution < -0.4 is 24.4 Å². The Morgan fingerprint density at radius 1 is 0.946 bits per heavy atom. The maximum Gasteiger partial charge on any atom is 0.440 e. The number of hydroxylamine groups is 1. The number of aromatic nitrogens is 1. The Kier molecular flexibility index (Phi) is 13.7. The molecule has 6 atom stereocenters. The number of benzene rings is 2. The van der Waals surface area contributed by atoms with Crippen molar-refractivity contribution < 1.29 is 61.9 Å². The average molecular weight is 782 g/mol. The lowest BCUT2D eigenvalue weighted by Crippen LogP contribution is -2.58. The van der Waals surface area contributed by atoms with Crippen LogP contribution in [-0.2, 0) is 39.8 Å². The molecule has 1 amide bonds. The lowest BCUT2D eigenvalue weighted by atomic mass is 9.63. The standard InChI is InChI=1S/C33H40N2O9.C7H11NO4/c1-38-19-7-8-20-21-9-10-35-16-18-13-27(44-32(36)17-11-25(39-2)30(41-4)26(12-17)40-3)31(42-5)28(33(37)43-6)22(18)15-24(35)29(21)34-23(20)14-19;1-4-11-7(10)8-12-6(9)5(2)3/h7-8,11-12,14,18,22,24,27-28,31,34H,9-10,13,15-16H2,1-6H3;2,4H2,1,3H3,(H,8,10)/t18-,22+,24-,27-,28+,31+;/m1./s1. The number of nitrogens with one attached hydrogen (secondary N) is 2. The van der Waals surface area contributed by atoms with Gasteiger partial charge < -0.3 is 47.7 Å². The quantitative estimate of drug-likeness (QED) is 0.122. The summed E-state index contributed by atoms with van der Waals surface area (Å²) in [5.41, 5.74) is 5.82. The van der Waals surface area contributed by atoms with Crippen LogP contribution in [0.15, 0.2) is 42.5 Å². The van der Waals surface area contributed by atoms with Gasteiger partial charge in [0.1, 0.15) is 18.0 Å². The van der Waals surface area contributed by atoms with Crippen LogP contribution >= 0.6 is 0 Å². The highest BCUT2D eigenvalue weighted by atomic mass is 16.7. The third-order valence-electron chi connectivity index (χ3n) is 10.6. The summed E-state index contributed by atoms with van der Waals surface area (Å²) >= 11 is 0. The van der Waals surface area contributed by atoms with Gasteiger partial charge in [-0.2, -0.15) is 0 Å². The van der Waals surface area contributed by atoms with Crippen LogP contribution in [0.3, 0.4) is 0 Å². The Balaban J connectivity index is 0.000000433. The summed E-state index contributed by atoms with van der Waals surface area (Å²) in [5.74, 6) is -0.251. The predicted molar refractivity (Wildman–Crippen MR) is 202 cm³/mol. The van der Waals surface area contributed by atoms with Gasteiger partial charge in [-0.05, 0) is 74.8 Å². The molecule has 56 heavy (non-hydrogen) atoms. The first-order valence-corrected chi connectivity index (χ1v) is 18.3. The molecule has 2 N–H and O–H groups in total. The van der Waals surface area contributed by atoms with Gasteiger partial charge >= 0.3 is 24.0 Å². The van der Waals surface area contributed by atoms with E-state index in [1.807, 2.05) is 12.1 Å². The Morgan fingerprint density at radius 3 is 2.25 bits per heavy atom. The van der Waals surface area contributed by atoms with Crippen LogP contribution in [0.5, 0.6) is 23.0 Å². The van der Waals surface area contributed by atoms with Crippen molar-refractivity contribution in [1.29, 1.82) is 0 Å². The third-order valence-corrected chi connectivity index (χ3v) is 10.6. The third kappa shape index (κ3) is 8.65. The van der Waals surface area contributed by atoms with Crippen molar-refractivity contribution in [3.63, 3.8) is 0 Å². The molecule has 16 heteroatoms. The molecule has 1 aliphatic carbocycles. The molecule has 16 nitrogen and oxygen atoms in total. The van der Waals surface area contributed by atoms with Crippen LogP contribution in [0, 0.1) is 17.8 Å². The summed E-state index contributed by atoms with van der Waals surface area (Å²) in [6.45, 7) is 8.32. The van der Waals surface area contributed by atoms with Crippen molar-refractivity contribution >= 4 is 34.9 Å². The highest BCUT2D eigenvalue weighted by Crippen LogP contribution is 2.51. The monoisotopic (exact) mass is 781 g/mol. The number of nitrogens with zero attached hydrogens (tertiary/aromatic N) is 1. The number of rotatable bonds is 10. The van der Waals surface area contributed by atoms with E-state index in [1.54, 1.807) is 38.8 Å². The topological polar surface area (TPSA) is 182 Å². The molecule has 3 aromatic rings. The summed E-state index contributed by atoms with van der Waals surface area (Å²) in [7, 11) is 9.10. The number of carbonyl (C=O) groups is 4. The number of aromatic amines is 1. The van der Waals surface area contributed by atoms with Gasteiger partial charge in [0.25, 0.3) is 0 Å². The van der Waals surface area contributed by atoms with Crippen molar-refractivity contribution in [3.05, 3.63) is 59.3 Å². The molecule has 1 saturated carbocycles. The van der Waals surface area contributed by atoms with Crippen molar-refractivity contribution in [2.24, 2.45) is 17.8 Å². The Morgan fingerprint density at radius 2 is 1.66 bits per heavy atom. The molecule has 2 aromatic carbocycles. The molecule has 6 rings (SSSR count). The fourth-order valence-corrected chi connectivity index (χ4v) is 8.10. The molecule has 3 heterocycles. The molecule has 0 bridgehead atoms. The molecule has 0 unspecified atom stereocenters. The van der Waals surface area contributed by atoms with E-state index in [4.69, 9.17) is 33.2 Å². The van der Waals surface area contributed by atoms with Crippen molar-refractivity contribution in [2.45, 2.75) is 51.4 Å². The predicted octanol–water partition coefficient (Wildman–Crippen LogP) is 4.94. The van der Waals surface area contributed by atoms with E-state index >= 15 is 0 Å². The lowest BCUT2D eigenvalue weighted by Gasteiger charge is -2.52. The fraction of sp³-hybridized carbons (Fsp3) is 0.500. The van der Waals surface area contributed by atoms with Crippen LogP contribution in [-0.4, -0.2) is 108 Å². The summed E-state index contributed by atoms with van der Waals surface area (Å²) in [6.07, 6.45) is 0.121. The number of esters is 2. The molecule has 2 aliphatic heterocycles. The normalized spacial score (nSPS) is 22.4. The SMILES string of the molecule is C=C(C)C(=O)ONC(=O)OCC.COC(=O)[C@H]1[C@H]2C[C@@H]3c4[nH]c5cc(OC)ccc5c4CCN3C[C@H]2C[C@@H](OC(=O)c2cc(OC)c(OC)c(OC)c2)[C@@H]1OC. The Bertz CT molecular complexity index is 1900. The Hall–Kier alpha value is -5.48. The molecule has 304 valence electrons. The van der Waals surface area contributed by atoms with Crippen molar-refractivity contribution in [2.75, 3.05) is 62.4 Å². The van der Waals surface area contributed by atoms with Crippen LogP contribution in [0.1, 0.15) is 54.3 Å². The molecule has 3 aliphatic rings. The van der Waals surface area contributed by atoms with Crippen molar-refractivity contribution in [1.82, 2.24) is 15.4 Å². The highest BCUT2D eigenvalue weighted by molar-refractivity contribution is 5.91. The molecular weight excluding hydrogens is 730 g/mol. The number of fused-ring (bicyclic) bond motifs is 6. The smallest absolute Gasteiger partial charge is 0.440 e. The summed E-state index contributed by atoms with van der Waals surface area (Å²) in [6, 6.07) is 9.40. The molecule has 0 radical (unpaired) electrons. The van der Waals surface area contributed by atoms with E-state index < -0.39 is 36.2 Å². The number of hydrogen-bond acceptors (Lipinski definition) is 14.